The number of amidine groups is 1. The van der Waals surface area contributed by atoms with Gasteiger partial charge in [-0.05, 0) is 23.6 Å². The summed E-state index contributed by atoms with van der Waals surface area (Å²) in [6, 6.07) is 8.10. The Morgan fingerprint density at radius 3 is 3.12 bits per heavy atom. The van der Waals surface area contributed by atoms with Gasteiger partial charge in [-0.1, -0.05) is 30.8 Å². The van der Waals surface area contributed by atoms with E-state index in [0.717, 1.165) is 29.8 Å². The van der Waals surface area contributed by atoms with Crippen LogP contribution in [0.5, 0.6) is 5.75 Å². The van der Waals surface area contributed by atoms with Crippen molar-refractivity contribution in [2.45, 2.75) is 13.5 Å². The molecule has 0 saturated heterocycles. The molecule has 1 atom stereocenters. The quantitative estimate of drug-likeness (QED) is 0.895. The number of methoxy groups -OCH3 is 1. The number of rotatable bonds is 3. The highest BCUT2D eigenvalue weighted by molar-refractivity contribution is 8.13. The molecule has 1 unspecified atom stereocenters. The summed E-state index contributed by atoms with van der Waals surface area (Å²) in [6.07, 6.45) is 0. The summed E-state index contributed by atoms with van der Waals surface area (Å²) in [5.41, 5.74) is 1.21. The molecule has 1 heterocycles. The summed E-state index contributed by atoms with van der Waals surface area (Å²) in [4.78, 5) is 4.51. The Hall–Kier alpha value is -1.16. The zero-order valence-corrected chi connectivity index (χ0v) is 11.1. The van der Waals surface area contributed by atoms with Gasteiger partial charge < -0.3 is 10.1 Å². The highest BCUT2D eigenvalue weighted by Gasteiger charge is 2.11. The Kier molecular flexibility index (Phi) is 4.31. The fraction of sp³-hybridized carbons (Fsp3) is 0.462. The largest absolute Gasteiger partial charge is 0.497 e. The van der Waals surface area contributed by atoms with Gasteiger partial charge in [0.05, 0.1) is 7.11 Å². The molecule has 0 aliphatic carbocycles. The molecular weight excluding hydrogens is 232 g/mol. The molecule has 0 fully saturated rings. The van der Waals surface area contributed by atoms with E-state index in [1.165, 1.54) is 5.56 Å². The number of hydrogen-bond acceptors (Lipinski definition) is 4. The lowest BCUT2D eigenvalue weighted by Gasteiger charge is -2.17. The molecule has 17 heavy (non-hydrogen) atoms. The van der Waals surface area contributed by atoms with Crippen LogP contribution in [0.25, 0.3) is 0 Å². The van der Waals surface area contributed by atoms with Gasteiger partial charge in [0.15, 0.2) is 5.17 Å². The van der Waals surface area contributed by atoms with Crippen molar-refractivity contribution in [2.24, 2.45) is 10.9 Å². The van der Waals surface area contributed by atoms with Crippen LogP contribution >= 0.6 is 11.8 Å². The van der Waals surface area contributed by atoms with Gasteiger partial charge >= 0.3 is 0 Å². The third kappa shape index (κ3) is 3.66. The minimum absolute atomic E-state index is 0.697. The first-order valence-corrected chi connectivity index (χ1v) is 6.80. The second kappa shape index (κ2) is 5.96. The van der Waals surface area contributed by atoms with Gasteiger partial charge in [0, 0.05) is 18.8 Å². The van der Waals surface area contributed by atoms with E-state index in [9.17, 15) is 0 Å². The zero-order valence-electron chi connectivity index (χ0n) is 10.3. The molecule has 0 spiro atoms. The number of benzene rings is 1. The third-order valence-electron chi connectivity index (χ3n) is 2.63. The van der Waals surface area contributed by atoms with Crippen molar-refractivity contribution in [2.75, 3.05) is 19.4 Å². The Balaban J connectivity index is 1.89. The van der Waals surface area contributed by atoms with Crippen LogP contribution in [0, 0.1) is 5.92 Å². The lowest BCUT2D eigenvalue weighted by atomic mass is 10.2. The highest BCUT2D eigenvalue weighted by Crippen LogP contribution is 2.17. The van der Waals surface area contributed by atoms with Crippen LogP contribution < -0.4 is 10.1 Å². The third-order valence-corrected chi connectivity index (χ3v) is 3.91. The normalized spacial score (nSPS) is 19.6. The van der Waals surface area contributed by atoms with Crippen LogP contribution in [0.15, 0.2) is 29.3 Å². The predicted molar refractivity (Wildman–Crippen MR) is 73.8 cm³/mol. The number of ether oxygens (including phenoxy) is 1. The first-order valence-electron chi connectivity index (χ1n) is 5.82. The fourth-order valence-electron chi connectivity index (χ4n) is 1.63. The Bertz CT molecular complexity index is 406. The van der Waals surface area contributed by atoms with Gasteiger partial charge in [-0.25, -0.2) is 0 Å². The molecule has 1 N–H and O–H groups in total. The second-order valence-corrected chi connectivity index (χ2v) is 5.28. The van der Waals surface area contributed by atoms with Crippen molar-refractivity contribution < 1.29 is 4.74 Å². The topological polar surface area (TPSA) is 33.6 Å². The molecule has 1 aliphatic rings. The summed E-state index contributed by atoms with van der Waals surface area (Å²) in [6.45, 7) is 3.97. The molecule has 92 valence electrons. The Morgan fingerprint density at radius 2 is 2.41 bits per heavy atom. The van der Waals surface area contributed by atoms with Crippen LogP contribution in [0.1, 0.15) is 12.5 Å². The number of hydrogen-bond donors (Lipinski definition) is 1. The standard InChI is InChI=1S/C13H18N2OS/c1-10-7-14-13(17-9-10)15-8-11-4-3-5-12(6-11)16-2/h3-6,10H,7-9H2,1-2H3,(H,14,15). The molecule has 0 bridgehead atoms. The Morgan fingerprint density at radius 1 is 1.53 bits per heavy atom. The van der Waals surface area contributed by atoms with Crippen molar-refractivity contribution >= 4 is 16.9 Å². The summed E-state index contributed by atoms with van der Waals surface area (Å²) < 4.78 is 5.20. The number of thioether (sulfide) groups is 1. The molecule has 0 amide bonds. The van der Waals surface area contributed by atoms with Crippen molar-refractivity contribution in [3.05, 3.63) is 29.8 Å². The van der Waals surface area contributed by atoms with Crippen LogP contribution in [-0.4, -0.2) is 24.6 Å². The SMILES string of the molecule is COc1cccc(CNC2=NCC(C)CS2)c1. The summed E-state index contributed by atoms with van der Waals surface area (Å²) in [7, 11) is 1.69. The minimum Gasteiger partial charge on any atom is -0.497 e. The van der Waals surface area contributed by atoms with Crippen LogP contribution in [0.3, 0.4) is 0 Å². The van der Waals surface area contributed by atoms with E-state index in [-0.39, 0.29) is 0 Å². The van der Waals surface area contributed by atoms with Crippen LogP contribution in [0.2, 0.25) is 0 Å². The number of aliphatic imine (C=N–C) groups is 1. The summed E-state index contributed by atoms with van der Waals surface area (Å²) in [5.74, 6) is 2.75. The van der Waals surface area contributed by atoms with E-state index in [2.05, 4.69) is 23.3 Å². The first kappa shape index (κ1) is 12.3. The van der Waals surface area contributed by atoms with Gasteiger partial charge in [0.25, 0.3) is 0 Å². The molecule has 0 aromatic heterocycles. The highest BCUT2D eigenvalue weighted by atomic mass is 32.2. The van der Waals surface area contributed by atoms with E-state index in [1.54, 1.807) is 7.11 Å². The molecule has 4 heteroatoms. The van der Waals surface area contributed by atoms with E-state index < -0.39 is 0 Å². The maximum atomic E-state index is 5.20. The molecule has 0 saturated carbocycles. The van der Waals surface area contributed by atoms with Gasteiger partial charge in [-0.3, -0.25) is 4.99 Å². The van der Waals surface area contributed by atoms with E-state index in [4.69, 9.17) is 4.74 Å². The molecule has 3 nitrogen and oxygen atoms in total. The monoisotopic (exact) mass is 250 g/mol. The molecular formula is C13H18N2OS. The average molecular weight is 250 g/mol. The zero-order chi connectivity index (χ0) is 12.1. The molecule has 1 aromatic carbocycles. The van der Waals surface area contributed by atoms with Crippen LogP contribution in [0.4, 0.5) is 0 Å². The lowest BCUT2D eigenvalue weighted by molar-refractivity contribution is 0.414. The van der Waals surface area contributed by atoms with Gasteiger partial charge in [-0.15, -0.1) is 0 Å². The first-order chi connectivity index (χ1) is 8.28. The van der Waals surface area contributed by atoms with Crippen molar-refractivity contribution in [1.82, 2.24) is 5.32 Å². The summed E-state index contributed by atoms with van der Waals surface area (Å²) in [5, 5.41) is 4.43. The van der Waals surface area contributed by atoms with E-state index in [1.807, 2.05) is 30.0 Å². The van der Waals surface area contributed by atoms with E-state index in [0.29, 0.717) is 5.92 Å². The Labute approximate surface area is 107 Å². The number of nitrogens with zero attached hydrogens (tertiary/aromatic N) is 1. The fourth-order valence-corrected chi connectivity index (χ4v) is 2.51. The smallest absolute Gasteiger partial charge is 0.156 e. The second-order valence-electron chi connectivity index (χ2n) is 4.27. The molecule has 1 aliphatic heterocycles. The van der Waals surface area contributed by atoms with Crippen molar-refractivity contribution in [3.8, 4) is 5.75 Å². The molecule has 1 aromatic rings. The number of nitrogens with one attached hydrogen (secondary N) is 1. The molecule has 0 radical (unpaired) electrons. The maximum Gasteiger partial charge on any atom is 0.156 e. The van der Waals surface area contributed by atoms with Crippen LogP contribution in [-0.2, 0) is 6.54 Å². The molecule has 2 rings (SSSR count). The van der Waals surface area contributed by atoms with Gasteiger partial charge in [0.1, 0.15) is 5.75 Å². The van der Waals surface area contributed by atoms with Crippen molar-refractivity contribution in [1.29, 1.82) is 0 Å². The lowest BCUT2D eigenvalue weighted by Crippen LogP contribution is -2.25. The van der Waals surface area contributed by atoms with E-state index >= 15 is 0 Å². The summed E-state index contributed by atoms with van der Waals surface area (Å²) >= 11 is 1.81. The van der Waals surface area contributed by atoms with Crippen molar-refractivity contribution in [3.63, 3.8) is 0 Å². The maximum absolute atomic E-state index is 5.20. The van der Waals surface area contributed by atoms with Gasteiger partial charge in [-0.2, -0.15) is 0 Å². The predicted octanol–water partition coefficient (Wildman–Crippen LogP) is 2.52. The minimum atomic E-state index is 0.697. The average Bonchev–Trinajstić information content (AvgIpc) is 2.38. The van der Waals surface area contributed by atoms with Gasteiger partial charge in [0.2, 0.25) is 0 Å².